The van der Waals surface area contributed by atoms with Crippen LogP contribution in [0.25, 0.3) is 0 Å². The zero-order valence-corrected chi connectivity index (χ0v) is 11.8. The van der Waals surface area contributed by atoms with Crippen LogP contribution in [0.1, 0.15) is 0 Å². The Hall–Kier alpha value is -0.103. The number of rotatable bonds is 12. The quantitative estimate of drug-likeness (QED) is 0.0907. The summed E-state index contributed by atoms with van der Waals surface area (Å²) in [6.07, 6.45) is 0. The van der Waals surface area contributed by atoms with Crippen LogP contribution in [0.3, 0.4) is 0 Å². The molecular formula is C8H25N5O3Si. The highest BCUT2D eigenvalue weighted by atomic mass is 28.4. The average molecular weight is 267 g/mol. The molecule has 104 valence electrons. The van der Waals surface area contributed by atoms with Gasteiger partial charge in [0.25, 0.3) is 0 Å². The van der Waals surface area contributed by atoms with Crippen LogP contribution >= 0.6 is 0 Å². The van der Waals surface area contributed by atoms with Crippen LogP contribution in [-0.4, -0.2) is 56.4 Å². The van der Waals surface area contributed by atoms with Gasteiger partial charge in [0, 0.05) is 47.0 Å². The summed E-state index contributed by atoms with van der Waals surface area (Å²) in [5.41, 5.74) is 8.65. The Bertz CT molecular complexity index is 165. The van der Waals surface area contributed by atoms with E-state index in [1.54, 1.807) is 21.3 Å². The number of hydrazine groups is 2. The molecular weight excluding hydrogens is 242 g/mol. The molecule has 17 heavy (non-hydrogen) atoms. The molecule has 0 aliphatic carbocycles. The third-order valence-electron chi connectivity index (χ3n) is 2.27. The van der Waals surface area contributed by atoms with E-state index in [-0.39, 0.29) is 0 Å². The average Bonchev–Trinajstić information content (AvgIpc) is 2.38. The van der Waals surface area contributed by atoms with E-state index in [1.807, 2.05) is 0 Å². The molecule has 0 radical (unpaired) electrons. The molecule has 0 aromatic heterocycles. The van der Waals surface area contributed by atoms with Crippen molar-refractivity contribution in [2.24, 2.45) is 5.84 Å². The first-order chi connectivity index (χ1) is 8.24. The van der Waals surface area contributed by atoms with Crippen molar-refractivity contribution >= 4 is 8.80 Å². The maximum Gasteiger partial charge on any atom is 0.501 e. The summed E-state index contributed by atoms with van der Waals surface area (Å²) in [5, 5.41) is 3.07. The fourth-order valence-corrected chi connectivity index (χ4v) is 2.80. The summed E-state index contributed by atoms with van der Waals surface area (Å²) in [6.45, 7) is 2.92. The molecule has 0 aliphatic heterocycles. The Labute approximate surface area is 104 Å². The van der Waals surface area contributed by atoms with Gasteiger partial charge >= 0.3 is 8.80 Å². The lowest BCUT2D eigenvalue weighted by atomic mass is 10.6. The summed E-state index contributed by atoms with van der Waals surface area (Å²) in [5.74, 6) is 5.10. The molecule has 0 rings (SSSR count). The van der Waals surface area contributed by atoms with E-state index in [2.05, 4.69) is 21.6 Å². The van der Waals surface area contributed by atoms with Crippen molar-refractivity contribution < 1.29 is 13.3 Å². The molecule has 6 N–H and O–H groups in total. The van der Waals surface area contributed by atoms with Gasteiger partial charge in [-0.25, -0.2) is 5.43 Å². The van der Waals surface area contributed by atoms with Crippen molar-refractivity contribution in [2.75, 3.05) is 47.6 Å². The second-order valence-electron chi connectivity index (χ2n) is 3.28. The molecule has 0 aliphatic rings. The van der Waals surface area contributed by atoms with Crippen molar-refractivity contribution in [3.8, 4) is 0 Å². The predicted molar refractivity (Wildman–Crippen MR) is 67.8 cm³/mol. The van der Waals surface area contributed by atoms with E-state index in [9.17, 15) is 0 Å². The van der Waals surface area contributed by atoms with Crippen LogP contribution in [-0.2, 0) is 13.3 Å². The summed E-state index contributed by atoms with van der Waals surface area (Å²) < 4.78 is 15.9. The minimum atomic E-state index is -2.44. The third-order valence-corrected chi connectivity index (χ3v) is 5.00. The van der Waals surface area contributed by atoms with Gasteiger partial charge in [0.1, 0.15) is 0 Å². The second-order valence-corrected chi connectivity index (χ2v) is 6.37. The zero-order valence-electron chi connectivity index (χ0n) is 10.8. The summed E-state index contributed by atoms with van der Waals surface area (Å²) in [4.78, 5) is 0. The topological polar surface area (TPSA) is 102 Å². The standard InChI is InChI=1S/C8H25N5O3Si/c1-14-17(15-2,16-3)7-6-13-12-5-4-10-8-11-9/h10-13H,4-9H2,1-3H3. The molecule has 0 heterocycles. The molecule has 0 saturated heterocycles. The number of nitrogens with two attached hydrogens (primary N) is 1. The molecule has 0 atom stereocenters. The maximum absolute atomic E-state index is 5.29. The van der Waals surface area contributed by atoms with Crippen LogP contribution in [0.5, 0.6) is 0 Å². The number of hydrogen-bond donors (Lipinski definition) is 5. The predicted octanol–water partition coefficient (Wildman–Crippen LogP) is -2.03. The van der Waals surface area contributed by atoms with Crippen LogP contribution in [0.15, 0.2) is 0 Å². The summed E-state index contributed by atoms with van der Waals surface area (Å²) in [6, 6.07) is 0.710. The van der Waals surface area contributed by atoms with E-state index in [1.165, 1.54) is 0 Å². The number of hydrogen-bond acceptors (Lipinski definition) is 8. The lowest BCUT2D eigenvalue weighted by Crippen LogP contribution is -2.47. The Morgan fingerprint density at radius 2 is 1.53 bits per heavy atom. The van der Waals surface area contributed by atoms with Crippen molar-refractivity contribution in [1.82, 2.24) is 21.6 Å². The Balaban J connectivity index is 3.43. The molecule has 8 nitrogen and oxygen atoms in total. The van der Waals surface area contributed by atoms with Gasteiger partial charge in [-0.2, -0.15) is 0 Å². The molecule has 9 heteroatoms. The van der Waals surface area contributed by atoms with E-state index >= 15 is 0 Å². The van der Waals surface area contributed by atoms with Gasteiger partial charge in [-0.3, -0.25) is 16.7 Å². The van der Waals surface area contributed by atoms with Crippen molar-refractivity contribution in [1.29, 1.82) is 0 Å². The Morgan fingerprint density at radius 1 is 0.941 bits per heavy atom. The van der Waals surface area contributed by atoms with Gasteiger partial charge < -0.3 is 18.6 Å². The first kappa shape index (κ1) is 16.9. The van der Waals surface area contributed by atoms with Crippen molar-refractivity contribution in [2.45, 2.75) is 6.04 Å². The summed E-state index contributed by atoms with van der Waals surface area (Å²) in [7, 11) is 2.38. The van der Waals surface area contributed by atoms with Crippen LogP contribution < -0.4 is 27.4 Å². The fraction of sp³-hybridized carbons (Fsp3) is 1.00. The minimum absolute atomic E-state index is 0.592. The van der Waals surface area contributed by atoms with E-state index in [0.29, 0.717) is 12.7 Å². The molecule has 0 amide bonds. The largest absolute Gasteiger partial charge is 0.501 e. The SMILES string of the molecule is CO[Si](CCNNCCNCNN)(OC)OC. The summed E-state index contributed by atoms with van der Waals surface area (Å²) >= 11 is 0. The van der Waals surface area contributed by atoms with Crippen LogP contribution in [0.4, 0.5) is 0 Å². The van der Waals surface area contributed by atoms with Crippen LogP contribution in [0, 0.1) is 0 Å². The molecule has 0 spiro atoms. The van der Waals surface area contributed by atoms with Gasteiger partial charge in [-0.15, -0.1) is 0 Å². The van der Waals surface area contributed by atoms with E-state index in [4.69, 9.17) is 19.1 Å². The molecule has 0 unspecified atom stereocenters. The highest BCUT2D eigenvalue weighted by molar-refractivity contribution is 6.60. The Morgan fingerprint density at radius 3 is 2.06 bits per heavy atom. The molecule has 0 saturated carbocycles. The van der Waals surface area contributed by atoms with Gasteiger partial charge in [-0.05, 0) is 0 Å². The normalized spacial score (nSPS) is 12.0. The second kappa shape index (κ2) is 11.0. The lowest BCUT2D eigenvalue weighted by molar-refractivity contribution is 0.123. The Kier molecular flexibility index (Phi) is 10.9. The number of nitrogens with one attached hydrogen (secondary N) is 4. The van der Waals surface area contributed by atoms with Gasteiger partial charge in [-0.1, -0.05) is 0 Å². The minimum Gasteiger partial charge on any atom is -0.377 e. The zero-order chi connectivity index (χ0) is 13.0. The highest BCUT2D eigenvalue weighted by Gasteiger charge is 2.36. The lowest BCUT2D eigenvalue weighted by Gasteiger charge is -2.24. The van der Waals surface area contributed by atoms with Crippen molar-refractivity contribution in [3.63, 3.8) is 0 Å². The van der Waals surface area contributed by atoms with Crippen LogP contribution in [0.2, 0.25) is 6.04 Å². The molecule has 0 aromatic rings. The maximum atomic E-state index is 5.29. The first-order valence-electron chi connectivity index (χ1n) is 5.50. The monoisotopic (exact) mass is 267 g/mol. The van der Waals surface area contributed by atoms with Gasteiger partial charge in [0.05, 0.1) is 6.67 Å². The van der Waals surface area contributed by atoms with Gasteiger partial charge in [0.2, 0.25) is 0 Å². The van der Waals surface area contributed by atoms with E-state index in [0.717, 1.165) is 19.6 Å². The van der Waals surface area contributed by atoms with E-state index < -0.39 is 8.80 Å². The van der Waals surface area contributed by atoms with Gasteiger partial charge in [0.15, 0.2) is 0 Å². The smallest absolute Gasteiger partial charge is 0.377 e. The molecule has 0 fully saturated rings. The van der Waals surface area contributed by atoms with Crippen molar-refractivity contribution in [3.05, 3.63) is 0 Å². The third kappa shape index (κ3) is 7.75. The fourth-order valence-electron chi connectivity index (χ4n) is 1.26. The first-order valence-corrected chi connectivity index (χ1v) is 7.43. The molecule has 0 bridgehead atoms. The molecule has 0 aromatic carbocycles. The highest BCUT2D eigenvalue weighted by Crippen LogP contribution is 2.10.